The van der Waals surface area contributed by atoms with E-state index in [4.69, 9.17) is 4.52 Å². The molecule has 22 heavy (non-hydrogen) atoms. The highest BCUT2D eigenvalue weighted by Gasteiger charge is 2.19. The smallest absolute Gasteiger partial charge is 0.230 e. The zero-order valence-electron chi connectivity index (χ0n) is 13.0. The molecule has 8 nitrogen and oxygen atoms in total. The van der Waals surface area contributed by atoms with E-state index in [1.165, 1.54) is 0 Å². The van der Waals surface area contributed by atoms with Crippen LogP contribution in [0.15, 0.2) is 4.52 Å². The summed E-state index contributed by atoms with van der Waals surface area (Å²) in [7, 11) is 1.83. The molecular formula is C14H18N6O2. The summed E-state index contributed by atoms with van der Waals surface area (Å²) in [4.78, 5) is 12.3. The fraction of sp³-hybridized carbons (Fsp3) is 0.429. The maximum Gasteiger partial charge on any atom is 0.230 e. The van der Waals surface area contributed by atoms with Crippen LogP contribution < -0.4 is 5.32 Å². The SMILES string of the molecule is CCc1nn(C)c2n[nH]c(NC(=O)Cc3c(C)noc3C)c12. The Morgan fingerprint density at radius 2 is 2.18 bits per heavy atom. The molecule has 0 saturated carbocycles. The first-order valence-corrected chi connectivity index (χ1v) is 7.12. The number of rotatable bonds is 4. The van der Waals surface area contributed by atoms with Gasteiger partial charge in [0, 0.05) is 12.6 Å². The van der Waals surface area contributed by atoms with Crippen LogP contribution in [0.1, 0.15) is 29.6 Å². The Balaban J connectivity index is 1.85. The van der Waals surface area contributed by atoms with E-state index >= 15 is 0 Å². The van der Waals surface area contributed by atoms with Crippen LogP contribution in [0.4, 0.5) is 5.82 Å². The fourth-order valence-corrected chi connectivity index (χ4v) is 2.55. The third-order valence-electron chi connectivity index (χ3n) is 3.73. The van der Waals surface area contributed by atoms with Gasteiger partial charge in [0.2, 0.25) is 5.91 Å². The molecule has 0 atom stereocenters. The number of anilines is 1. The fourth-order valence-electron chi connectivity index (χ4n) is 2.55. The molecule has 0 bridgehead atoms. The molecule has 0 aliphatic carbocycles. The van der Waals surface area contributed by atoms with Crippen LogP contribution in [0.2, 0.25) is 0 Å². The summed E-state index contributed by atoms with van der Waals surface area (Å²) in [6.07, 6.45) is 0.979. The van der Waals surface area contributed by atoms with Crippen LogP contribution >= 0.6 is 0 Å². The lowest BCUT2D eigenvalue weighted by molar-refractivity contribution is -0.115. The average Bonchev–Trinajstić information content (AvgIpc) is 3.12. The third-order valence-corrected chi connectivity index (χ3v) is 3.73. The normalized spacial score (nSPS) is 11.3. The number of carbonyl (C=O) groups is 1. The van der Waals surface area contributed by atoms with Crippen molar-refractivity contribution in [2.24, 2.45) is 7.05 Å². The maximum absolute atomic E-state index is 12.3. The Hall–Kier alpha value is -2.64. The second-order valence-corrected chi connectivity index (χ2v) is 5.25. The molecule has 2 N–H and O–H groups in total. The van der Waals surface area contributed by atoms with Crippen LogP contribution in [0.3, 0.4) is 0 Å². The van der Waals surface area contributed by atoms with Crippen molar-refractivity contribution >= 4 is 22.8 Å². The number of aryl methyl sites for hydroxylation is 4. The molecule has 116 valence electrons. The van der Waals surface area contributed by atoms with Gasteiger partial charge in [0.05, 0.1) is 23.2 Å². The topological polar surface area (TPSA) is 102 Å². The maximum atomic E-state index is 12.3. The highest BCUT2D eigenvalue weighted by Crippen LogP contribution is 2.24. The van der Waals surface area contributed by atoms with Gasteiger partial charge in [0.25, 0.3) is 0 Å². The van der Waals surface area contributed by atoms with Crippen LogP contribution in [-0.2, 0) is 24.7 Å². The zero-order valence-corrected chi connectivity index (χ0v) is 13.0. The molecule has 3 heterocycles. The van der Waals surface area contributed by atoms with Gasteiger partial charge < -0.3 is 9.84 Å². The Labute approximate surface area is 126 Å². The van der Waals surface area contributed by atoms with Crippen molar-refractivity contribution < 1.29 is 9.32 Å². The van der Waals surface area contributed by atoms with Gasteiger partial charge >= 0.3 is 0 Å². The second-order valence-electron chi connectivity index (χ2n) is 5.25. The van der Waals surface area contributed by atoms with Crippen molar-refractivity contribution in [3.05, 3.63) is 22.7 Å². The number of hydrogen-bond donors (Lipinski definition) is 2. The molecule has 0 spiro atoms. The van der Waals surface area contributed by atoms with E-state index in [0.29, 0.717) is 11.6 Å². The van der Waals surface area contributed by atoms with Gasteiger partial charge in [-0.1, -0.05) is 12.1 Å². The van der Waals surface area contributed by atoms with Gasteiger partial charge in [-0.15, -0.1) is 0 Å². The van der Waals surface area contributed by atoms with Crippen molar-refractivity contribution in [2.75, 3.05) is 5.32 Å². The third kappa shape index (κ3) is 2.26. The molecule has 1 amide bonds. The summed E-state index contributed by atoms with van der Waals surface area (Å²) >= 11 is 0. The van der Waals surface area contributed by atoms with E-state index in [1.54, 1.807) is 11.6 Å². The van der Waals surface area contributed by atoms with Crippen LogP contribution in [0, 0.1) is 13.8 Å². The number of hydrogen-bond acceptors (Lipinski definition) is 5. The lowest BCUT2D eigenvalue weighted by Crippen LogP contribution is -2.15. The Bertz CT molecular complexity index is 822. The minimum Gasteiger partial charge on any atom is -0.361 e. The number of amides is 1. The Kier molecular flexibility index (Phi) is 3.44. The molecule has 3 aromatic heterocycles. The molecule has 0 aliphatic heterocycles. The summed E-state index contributed by atoms with van der Waals surface area (Å²) in [5.41, 5.74) is 3.18. The predicted octanol–water partition coefficient (Wildman–Crippen LogP) is 1.64. The summed E-state index contributed by atoms with van der Waals surface area (Å²) in [5, 5.41) is 19.0. The molecule has 0 aliphatic rings. The van der Waals surface area contributed by atoms with Gasteiger partial charge in [-0.05, 0) is 20.3 Å². The molecule has 3 aromatic rings. The first-order chi connectivity index (χ1) is 10.5. The lowest BCUT2D eigenvalue weighted by Gasteiger charge is -2.03. The Morgan fingerprint density at radius 3 is 2.82 bits per heavy atom. The minimum absolute atomic E-state index is 0.147. The number of H-pyrrole nitrogens is 1. The second kappa shape index (κ2) is 5.28. The van der Waals surface area contributed by atoms with Crippen molar-refractivity contribution in [3.63, 3.8) is 0 Å². The quantitative estimate of drug-likeness (QED) is 0.763. The van der Waals surface area contributed by atoms with Crippen molar-refractivity contribution in [3.8, 4) is 0 Å². The molecular weight excluding hydrogens is 284 g/mol. The van der Waals surface area contributed by atoms with E-state index < -0.39 is 0 Å². The monoisotopic (exact) mass is 302 g/mol. The molecule has 0 radical (unpaired) electrons. The number of nitrogens with one attached hydrogen (secondary N) is 2. The van der Waals surface area contributed by atoms with E-state index in [2.05, 4.69) is 25.8 Å². The summed E-state index contributed by atoms with van der Waals surface area (Å²) in [5.74, 6) is 1.10. The van der Waals surface area contributed by atoms with Gasteiger partial charge in [-0.2, -0.15) is 10.2 Å². The van der Waals surface area contributed by atoms with E-state index in [1.807, 2.05) is 20.9 Å². The Morgan fingerprint density at radius 1 is 1.41 bits per heavy atom. The van der Waals surface area contributed by atoms with E-state index in [-0.39, 0.29) is 12.3 Å². The standard InChI is InChI=1S/C14H18N6O2/c1-5-10-12-13(16-17-14(12)20(4)18-10)15-11(21)6-9-7(2)19-22-8(9)3/h5-6H2,1-4H3,(H2,15,16,17,21). The van der Waals surface area contributed by atoms with Crippen LogP contribution in [0.25, 0.3) is 11.0 Å². The van der Waals surface area contributed by atoms with E-state index in [9.17, 15) is 4.79 Å². The molecule has 0 saturated heterocycles. The highest BCUT2D eigenvalue weighted by atomic mass is 16.5. The minimum atomic E-state index is -0.147. The summed E-state index contributed by atoms with van der Waals surface area (Å²) < 4.78 is 6.78. The summed E-state index contributed by atoms with van der Waals surface area (Å²) in [6, 6.07) is 0. The molecule has 0 unspecified atom stereocenters. The molecule has 8 heteroatoms. The number of aromatic nitrogens is 5. The number of fused-ring (bicyclic) bond motifs is 1. The van der Waals surface area contributed by atoms with Gasteiger partial charge in [-0.25, -0.2) is 4.68 Å². The van der Waals surface area contributed by atoms with Crippen molar-refractivity contribution in [1.29, 1.82) is 0 Å². The first kappa shape index (κ1) is 14.3. The number of aromatic amines is 1. The lowest BCUT2D eigenvalue weighted by atomic mass is 10.1. The van der Waals surface area contributed by atoms with Gasteiger partial charge in [0.15, 0.2) is 5.65 Å². The molecule has 0 aromatic carbocycles. The largest absolute Gasteiger partial charge is 0.361 e. The van der Waals surface area contributed by atoms with Gasteiger partial charge in [-0.3, -0.25) is 9.89 Å². The first-order valence-electron chi connectivity index (χ1n) is 7.12. The van der Waals surface area contributed by atoms with Crippen molar-refractivity contribution in [2.45, 2.75) is 33.6 Å². The average molecular weight is 302 g/mol. The number of carbonyl (C=O) groups excluding carboxylic acids is 1. The predicted molar refractivity (Wildman–Crippen MR) is 80.5 cm³/mol. The summed E-state index contributed by atoms with van der Waals surface area (Å²) in [6.45, 7) is 5.64. The van der Waals surface area contributed by atoms with Gasteiger partial charge in [0.1, 0.15) is 11.6 Å². The van der Waals surface area contributed by atoms with E-state index in [0.717, 1.165) is 34.4 Å². The molecule has 0 fully saturated rings. The van der Waals surface area contributed by atoms with Crippen LogP contribution in [0.5, 0.6) is 0 Å². The van der Waals surface area contributed by atoms with Crippen LogP contribution in [-0.4, -0.2) is 31.0 Å². The zero-order chi connectivity index (χ0) is 15.9. The number of nitrogens with zero attached hydrogens (tertiary/aromatic N) is 4. The van der Waals surface area contributed by atoms with Crippen molar-refractivity contribution in [1.82, 2.24) is 25.1 Å². The highest BCUT2D eigenvalue weighted by molar-refractivity contribution is 6.00. The molecule has 3 rings (SSSR count).